The molecule has 2 aliphatic rings. The van der Waals surface area contributed by atoms with Gasteiger partial charge < -0.3 is 10.2 Å². The lowest BCUT2D eigenvalue weighted by Gasteiger charge is -2.28. The van der Waals surface area contributed by atoms with Crippen molar-refractivity contribution in [1.82, 2.24) is 9.88 Å². The number of fused-ring (bicyclic) bond motifs is 1. The van der Waals surface area contributed by atoms with Crippen molar-refractivity contribution in [3.63, 3.8) is 0 Å². The van der Waals surface area contributed by atoms with Gasteiger partial charge in [-0.1, -0.05) is 42.1 Å². The highest BCUT2D eigenvalue weighted by molar-refractivity contribution is 8.00. The summed E-state index contributed by atoms with van der Waals surface area (Å²) in [6.07, 6.45) is 2.60. The summed E-state index contributed by atoms with van der Waals surface area (Å²) in [7, 11) is 0. The number of aromatic nitrogens is 1. The van der Waals surface area contributed by atoms with Crippen molar-refractivity contribution in [3.8, 4) is 6.07 Å². The normalized spacial score (nSPS) is 16.0. The van der Waals surface area contributed by atoms with E-state index in [1.807, 2.05) is 36.4 Å². The highest BCUT2D eigenvalue weighted by Crippen LogP contribution is 2.31. The van der Waals surface area contributed by atoms with Gasteiger partial charge >= 0.3 is 0 Å². The van der Waals surface area contributed by atoms with Crippen molar-refractivity contribution in [2.75, 3.05) is 16.0 Å². The number of pyridine rings is 1. The summed E-state index contributed by atoms with van der Waals surface area (Å²) in [6, 6.07) is 18.8. The number of carbonyl (C=O) groups is 4. The summed E-state index contributed by atoms with van der Waals surface area (Å²) in [5.41, 5.74) is 4.22. The molecule has 1 saturated heterocycles. The Labute approximate surface area is 236 Å². The first-order valence-electron chi connectivity index (χ1n) is 13.0. The number of hydrogen-bond donors (Lipinski definition) is 1. The largest absolute Gasteiger partial charge is 0.326 e. The van der Waals surface area contributed by atoms with E-state index < -0.39 is 17.9 Å². The fourth-order valence-electron chi connectivity index (χ4n) is 5.04. The molecule has 1 aliphatic heterocycles. The first kappa shape index (κ1) is 27.1. The van der Waals surface area contributed by atoms with Gasteiger partial charge in [-0.2, -0.15) is 5.26 Å². The van der Waals surface area contributed by atoms with E-state index >= 15 is 0 Å². The predicted octanol–water partition coefficient (Wildman–Crippen LogP) is 3.85. The second-order valence-electron chi connectivity index (χ2n) is 9.72. The third-order valence-corrected chi connectivity index (χ3v) is 7.91. The highest BCUT2D eigenvalue weighted by Gasteiger charge is 2.44. The Morgan fingerprint density at radius 1 is 1.12 bits per heavy atom. The number of rotatable bonds is 8. The van der Waals surface area contributed by atoms with Crippen LogP contribution < -0.4 is 10.2 Å². The Morgan fingerprint density at radius 2 is 1.88 bits per heavy atom. The fourth-order valence-corrected chi connectivity index (χ4v) is 5.90. The Morgan fingerprint density at radius 3 is 2.58 bits per heavy atom. The van der Waals surface area contributed by atoms with Gasteiger partial charge in [-0.3, -0.25) is 19.2 Å². The minimum atomic E-state index is -0.973. The maximum absolute atomic E-state index is 13.7. The summed E-state index contributed by atoms with van der Waals surface area (Å²) in [4.78, 5) is 58.8. The first-order chi connectivity index (χ1) is 19.3. The van der Waals surface area contributed by atoms with Crippen molar-refractivity contribution in [1.29, 1.82) is 5.26 Å². The summed E-state index contributed by atoms with van der Waals surface area (Å²) >= 11 is 1.18. The molecule has 40 heavy (non-hydrogen) atoms. The van der Waals surface area contributed by atoms with Crippen molar-refractivity contribution < 1.29 is 19.2 Å². The van der Waals surface area contributed by atoms with Crippen LogP contribution in [-0.2, 0) is 38.6 Å². The molecular weight excluding hydrogens is 526 g/mol. The molecule has 1 N–H and O–H groups in total. The summed E-state index contributed by atoms with van der Waals surface area (Å²) in [5.74, 6) is -1.48. The summed E-state index contributed by atoms with van der Waals surface area (Å²) in [6.45, 7) is 1.55. The van der Waals surface area contributed by atoms with Crippen LogP contribution in [0, 0.1) is 11.3 Å². The molecule has 1 fully saturated rings. The number of benzene rings is 2. The lowest BCUT2D eigenvalue weighted by Crippen LogP contribution is -2.45. The Kier molecular flexibility index (Phi) is 7.94. The molecule has 1 aromatic heterocycles. The third-order valence-electron chi connectivity index (χ3n) is 6.93. The van der Waals surface area contributed by atoms with Crippen molar-refractivity contribution in [2.45, 2.75) is 50.2 Å². The second kappa shape index (κ2) is 11.7. The summed E-state index contributed by atoms with van der Waals surface area (Å²) < 4.78 is 0. The van der Waals surface area contributed by atoms with Gasteiger partial charge in [0.25, 0.3) is 5.91 Å². The number of nitriles is 1. The van der Waals surface area contributed by atoms with Crippen LogP contribution in [-0.4, -0.2) is 45.3 Å². The average molecular weight is 554 g/mol. The number of imide groups is 1. The molecule has 1 aliphatic carbocycles. The zero-order chi connectivity index (χ0) is 28.2. The molecule has 0 saturated carbocycles. The lowest BCUT2D eigenvalue weighted by atomic mass is 10.1. The third kappa shape index (κ3) is 5.75. The molecule has 3 aromatic rings. The molecule has 1 atom stereocenters. The number of nitrogens with one attached hydrogen (secondary N) is 1. The van der Waals surface area contributed by atoms with Crippen LogP contribution in [0.15, 0.2) is 65.7 Å². The minimum absolute atomic E-state index is 0.0311. The van der Waals surface area contributed by atoms with Crippen molar-refractivity contribution in [2.24, 2.45) is 0 Å². The van der Waals surface area contributed by atoms with Gasteiger partial charge in [0, 0.05) is 24.8 Å². The molecule has 0 bridgehead atoms. The monoisotopic (exact) mass is 553 g/mol. The van der Waals surface area contributed by atoms with Gasteiger partial charge in [-0.05, 0) is 60.7 Å². The SMILES string of the molecule is CC(=O)Nc1ccc(N2C(=O)CC(N(Cc3ccccc3)C(=O)CSc3nc4c(cc3C#N)CCC4)C2=O)cc1. The second-order valence-corrected chi connectivity index (χ2v) is 10.7. The standard InChI is InChI=1S/C30H27N5O4S/c1-19(36)32-23-10-12-24(13-11-23)35-27(37)15-26(30(35)39)34(17-20-6-3-2-4-7-20)28(38)18-40-29-22(16-31)14-21-8-5-9-25(21)33-29/h2-4,6-7,10-14,26H,5,8-9,15,17-18H2,1H3,(H,32,36). The molecular formula is C30H27N5O4S. The predicted molar refractivity (Wildman–Crippen MR) is 150 cm³/mol. The first-order valence-corrected chi connectivity index (χ1v) is 14.0. The molecule has 202 valence electrons. The highest BCUT2D eigenvalue weighted by atomic mass is 32.2. The Balaban J connectivity index is 1.37. The molecule has 5 rings (SSSR count). The molecule has 1 unspecified atom stereocenters. The van der Waals surface area contributed by atoms with Crippen LogP contribution in [0.4, 0.5) is 11.4 Å². The smallest absolute Gasteiger partial charge is 0.257 e. The van der Waals surface area contributed by atoms with Gasteiger partial charge in [-0.25, -0.2) is 9.88 Å². The fraction of sp³-hybridized carbons (Fsp3) is 0.267. The van der Waals surface area contributed by atoms with Crippen LogP contribution in [0.1, 0.15) is 42.1 Å². The van der Waals surface area contributed by atoms with E-state index in [1.54, 1.807) is 24.3 Å². The van der Waals surface area contributed by atoms with E-state index in [-0.39, 0.29) is 30.5 Å². The van der Waals surface area contributed by atoms with E-state index in [2.05, 4.69) is 16.4 Å². The van der Waals surface area contributed by atoms with E-state index in [4.69, 9.17) is 0 Å². The average Bonchev–Trinajstić information content (AvgIpc) is 3.53. The van der Waals surface area contributed by atoms with Gasteiger partial charge in [0.2, 0.25) is 17.7 Å². The number of amides is 4. The number of hydrogen-bond acceptors (Lipinski definition) is 7. The zero-order valence-electron chi connectivity index (χ0n) is 21.9. The number of aryl methyl sites for hydroxylation is 2. The number of thioether (sulfide) groups is 1. The van der Waals surface area contributed by atoms with Crippen molar-refractivity contribution in [3.05, 3.63) is 83.0 Å². The van der Waals surface area contributed by atoms with Gasteiger partial charge in [-0.15, -0.1) is 0 Å². The van der Waals surface area contributed by atoms with Crippen LogP contribution >= 0.6 is 11.8 Å². The number of carbonyl (C=O) groups excluding carboxylic acids is 4. The molecule has 0 spiro atoms. The molecule has 4 amide bonds. The number of nitrogens with zero attached hydrogens (tertiary/aromatic N) is 4. The lowest BCUT2D eigenvalue weighted by molar-refractivity contribution is -0.136. The zero-order valence-corrected chi connectivity index (χ0v) is 22.7. The van der Waals surface area contributed by atoms with Gasteiger partial charge in [0.15, 0.2) is 0 Å². The van der Waals surface area contributed by atoms with E-state index in [0.29, 0.717) is 22.0 Å². The quantitative estimate of drug-likeness (QED) is 0.332. The van der Waals surface area contributed by atoms with Gasteiger partial charge in [0.05, 0.1) is 23.4 Å². The molecule has 0 radical (unpaired) electrons. The molecule has 2 aromatic carbocycles. The van der Waals surface area contributed by atoms with Crippen LogP contribution in [0.3, 0.4) is 0 Å². The van der Waals surface area contributed by atoms with Crippen LogP contribution in [0.2, 0.25) is 0 Å². The Bertz CT molecular complexity index is 1520. The molecule has 2 heterocycles. The van der Waals surface area contributed by atoms with E-state index in [1.165, 1.54) is 23.6 Å². The maximum Gasteiger partial charge on any atom is 0.257 e. The van der Waals surface area contributed by atoms with E-state index in [0.717, 1.165) is 41.0 Å². The minimum Gasteiger partial charge on any atom is -0.326 e. The van der Waals surface area contributed by atoms with Crippen molar-refractivity contribution >= 4 is 46.8 Å². The molecule has 9 nitrogen and oxygen atoms in total. The molecule has 10 heteroatoms. The topological polar surface area (TPSA) is 123 Å². The van der Waals surface area contributed by atoms with E-state index in [9.17, 15) is 24.4 Å². The van der Waals surface area contributed by atoms with Gasteiger partial charge in [0.1, 0.15) is 17.1 Å². The summed E-state index contributed by atoms with van der Waals surface area (Å²) in [5, 5.41) is 12.8. The van der Waals surface area contributed by atoms with Crippen LogP contribution in [0.25, 0.3) is 0 Å². The van der Waals surface area contributed by atoms with Crippen LogP contribution in [0.5, 0.6) is 0 Å². The number of anilines is 2. The Hall–Kier alpha value is -4.49. The maximum atomic E-state index is 13.7.